The number of benzene rings is 1. The van der Waals surface area contributed by atoms with Crippen LogP contribution in [-0.4, -0.2) is 24.0 Å². The van der Waals surface area contributed by atoms with E-state index in [4.69, 9.17) is 5.73 Å². The number of hydrogen-bond donors (Lipinski definition) is 2. The molecule has 1 aromatic carbocycles. The molecular formula is C14H21IN4S. The first-order chi connectivity index (χ1) is 9.29. The summed E-state index contributed by atoms with van der Waals surface area (Å²) in [5, 5.41) is 4.31. The summed E-state index contributed by atoms with van der Waals surface area (Å²) in [6, 6.07) is 8.25. The van der Waals surface area contributed by atoms with Crippen molar-refractivity contribution in [3.63, 3.8) is 0 Å². The minimum absolute atomic E-state index is 0. The van der Waals surface area contributed by atoms with Crippen molar-refractivity contribution >= 4 is 51.5 Å². The summed E-state index contributed by atoms with van der Waals surface area (Å²) >= 11 is 1.77. The van der Waals surface area contributed by atoms with E-state index in [0.717, 1.165) is 37.9 Å². The van der Waals surface area contributed by atoms with E-state index in [2.05, 4.69) is 40.4 Å². The molecule has 0 radical (unpaired) electrons. The van der Waals surface area contributed by atoms with Crippen LogP contribution in [-0.2, 0) is 6.42 Å². The first-order valence-corrected chi connectivity index (χ1v) is 7.49. The number of hydrogen-bond acceptors (Lipinski definition) is 3. The van der Waals surface area contributed by atoms with E-state index in [-0.39, 0.29) is 24.0 Å². The Morgan fingerprint density at radius 2 is 2.20 bits per heavy atom. The zero-order valence-corrected chi connectivity index (χ0v) is 14.8. The van der Waals surface area contributed by atoms with Gasteiger partial charge < -0.3 is 11.1 Å². The van der Waals surface area contributed by atoms with Crippen molar-refractivity contribution in [3.8, 4) is 0 Å². The van der Waals surface area contributed by atoms with Gasteiger partial charge in [-0.2, -0.15) is 0 Å². The van der Waals surface area contributed by atoms with Crippen LogP contribution in [0, 0.1) is 0 Å². The molecule has 0 amide bonds. The molecule has 1 aromatic heterocycles. The largest absolute Gasteiger partial charge is 0.370 e. The quantitative estimate of drug-likeness (QED) is 0.337. The molecule has 0 unspecified atom stereocenters. The van der Waals surface area contributed by atoms with E-state index in [0.29, 0.717) is 5.96 Å². The molecule has 6 heteroatoms. The highest BCUT2D eigenvalue weighted by atomic mass is 127. The molecule has 3 N–H and O–H groups in total. The van der Waals surface area contributed by atoms with E-state index in [1.165, 1.54) is 9.71 Å². The number of nitrogens with zero attached hydrogens (tertiary/aromatic N) is 2. The van der Waals surface area contributed by atoms with Crippen molar-refractivity contribution < 1.29 is 0 Å². The molecule has 20 heavy (non-hydrogen) atoms. The van der Waals surface area contributed by atoms with Gasteiger partial charge >= 0.3 is 0 Å². The van der Waals surface area contributed by atoms with Crippen molar-refractivity contribution in [3.05, 3.63) is 29.3 Å². The normalized spacial score (nSPS) is 11.3. The third-order valence-electron chi connectivity index (χ3n) is 2.72. The van der Waals surface area contributed by atoms with Gasteiger partial charge in [0.15, 0.2) is 5.96 Å². The molecule has 2 aromatic rings. The molecule has 1 heterocycles. The summed E-state index contributed by atoms with van der Waals surface area (Å²) in [6.07, 6.45) is 3.02. The molecule has 4 nitrogen and oxygen atoms in total. The van der Waals surface area contributed by atoms with Crippen LogP contribution >= 0.6 is 35.3 Å². The number of thiazole rings is 1. The Labute approximate surface area is 140 Å². The van der Waals surface area contributed by atoms with E-state index in [9.17, 15) is 0 Å². The highest BCUT2D eigenvalue weighted by Gasteiger charge is 2.02. The summed E-state index contributed by atoms with van der Waals surface area (Å²) in [7, 11) is 0. The lowest BCUT2D eigenvalue weighted by Crippen LogP contribution is -2.32. The number of guanidine groups is 1. The second kappa shape index (κ2) is 9.12. The predicted octanol–water partition coefficient (Wildman–Crippen LogP) is 3.16. The Balaban J connectivity index is 0.00000200. The number of nitrogens with two attached hydrogens (primary N) is 1. The van der Waals surface area contributed by atoms with E-state index in [1.54, 1.807) is 11.3 Å². The molecule has 0 saturated heterocycles. The fourth-order valence-electron chi connectivity index (χ4n) is 1.77. The zero-order chi connectivity index (χ0) is 13.5. The fourth-order valence-corrected chi connectivity index (χ4v) is 2.78. The van der Waals surface area contributed by atoms with Gasteiger partial charge in [-0.15, -0.1) is 35.3 Å². The molecule has 2 rings (SSSR count). The van der Waals surface area contributed by atoms with E-state index < -0.39 is 0 Å². The van der Waals surface area contributed by atoms with Gasteiger partial charge in [0.1, 0.15) is 0 Å². The molecular weight excluding hydrogens is 383 g/mol. The van der Waals surface area contributed by atoms with Crippen LogP contribution in [0.15, 0.2) is 29.3 Å². The Morgan fingerprint density at radius 1 is 1.40 bits per heavy atom. The highest BCUT2D eigenvalue weighted by molar-refractivity contribution is 14.0. The van der Waals surface area contributed by atoms with Crippen LogP contribution in [0.2, 0.25) is 0 Å². The standard InChI is InChI=1S/C14H20N4S.HI/c1-2-9-16-14(15)17-10-5-8-13-18-11-6-3-4-7-12(11)19-13;/h3-4,6-7H,2,5,8-10H2,1H3,(H3,15,16,17);1H. The summed E-state index contributed by atoms with van der Waals surface area (Å²) < 4.78 is 1.26. The maximum Gasteiger partial charge on any atom is 0.188 e. The van der Waals surface area contributed by atoms with Gasteiger partial charge in [0.25, 0.3) is 0 Å². The molecule has 0 fully saturated rings. The fraction of sp³-hybridized carbons (Fsp3) is 0.429. The number of rotatable bonds is 6. The first-order valence-electron chi connectivity index (χ1n) is 6.68. The zero-order valence-electron chi connectivity index (χ0n) is 11.6. The van der Waals surface area contributed by atoms with Crippen molar-refractivity contribution in [1.82, 2.24) is 10.3 Å². The van der Waals surface area contributed by atoms with Gasteiger partial charge in [-0.05, 0) is 25.0 Å². The van der Waals surface area contributed by atoms with Crippen molar-refractivity contribution in [1.29, 1.82) is 0 Å². The van der Waals surface area contributed by atoms with Gasteiger partial charge in [-0.3, -0.25) is 4.99 Å². The number of aromatic nitrogens is 1. The van der Waals surface area contributed by atoms with Crippen molar-refractivity contribution in [2.45, 2.75) is 26.2 Å². The Hall–Kier alpha value is -0.890. The number of halogens is 1. The number of para-hydroxylation sites is 1. The van der Waals surface area contributed by atoms with Crippen LogP contribution in [0.1, 0.15) is 24.8 Å². The number of aliphatic imine (C=N–C) groups is 1. The molecule has 0 aliphatic rings. The second-order valence-corrected chi connectivity index (χ2v) is 5.49. The molecule has 0 atom stereocenters. The monoisotopic (exact) mass is 404 g/mol. The molecule has 0 bridgehead atoms. The number of nitrogens with one attached hydrogen (secondary N) is 1. The average molecular weight is 404 g/mol. The van der Waals surface area contributed by atoms with Gasteiger partial charge in [-0.25, -0.2) is 4.98 Å². The minimum Gasteiger partial charge on any atom is -0.370 e. The van der Waals surface area contributed by atoms with Gasteiger partial charge in [0, 0.05) is 19.5 Å². The molecule has 0 saturated carbocycles. The smallest absolute Gasteiger partial charge is 0.188 e. The minimum atomic E-state index is 0. The van der Waals surface area contributed by atoms with Crippen LogP contribution in [0.3, 0.4) is 0 Å². The van der Waals surface area contributed by atoms with E-state index in [1.807, 2.05) is 6.07 Å². The maximum atomic E-state index is 5.73. The van der Waals surface area contributed by atoms with Gasteiger partial charge in [-0.1, -0.05) is 19.1 Å². The Kier molecular flexibility index (Phi) is 7.83. The maximum absolute atomic E-state index is 5.73. The predicted molar refractivity (Wildman–Crippen MR) is 98.1 cm³/mol. The van der Waals surface area contributed by atoms with Gasteiger partial charge in [0.2, 0.25) is 0 Å². The third kappa shape index (κ3) is 5.24. The van der Waals surface area contributed by atoms with E-state index >= 15 is 0 Å². The highest BCUT2D eigenvalue weighted by Crippen LogP contribution is 2.22. The molecule has 0 spiro atoms. The summed E-state index contributed by atoms with van der Waals surface area (Å²) in [5.74, 6) is 0.547. The average Bonchev–Trinajstić information content (AvgIpc) is 2.84. The van der Waals surface area contributed by atoms with Crippen molar-refractivity contribution in [2.24, 2.45) is 10.7 Å². The van der Waals surface area contributed by atoms with Crippen molar-refractivity contribution in [2.75, 3.05) is 13.1 Å². The van der Waals surface area contributed by atoms with Crippen LogP contribution < -0.4 is 11.1 Å². The molecule has 110 valence electrons. The lowest BCUT2D eigenvalue weighted by molar-refractivity contribution is 0.761. The van der Waals surface area contributed by atoms with Crippen LogP contribution in [0.25, 0.3) is 10.2 Å². The summed E-state index contributed by atoms with van der Waals surface area (Å²) in [5.41, 5.74) is 6.82. The summed E-state index contributed by atoms with van der Waals surface area (Å²) in [6.45, 7) is 3.72. The van der Waals surface area contributed by atoms with Crippen LogP contribution in [0.4, 0.5) is 0 Å². The van der Waals surface area contributed by atoms with Gasteiger partial charge in [0.05, 0.1) is 15.2 Å². The lowest BCUT2D eigenvalue weighted by atomic mass is 10.3. The topological polar surface area (TPSA) is 63.3 Å². The van der Waals surface area contributed by atoms with Crippen LogP contribution in [0.5, 0.6) is 0 Å². The lowest BCUT2D eigenvalue weighted by Gasteiger charge is -2.03. The Bertz CT molecular complexity index is 520. The Morgan fingerprint density at radius 3 is 2.95 bits per heavy atom. The third-order valence-corrected chi connectivity index (χ3v) is 3.81. The summed E-state index contributed by atoms with van der Waals surface area (Å²) in [4.78, 5) is 8.80. The molecule has 0 aliphatic heterocycles. The SMILES string of the molecule is CCCN=C(N)NCCCc1nc2ccccc2s1.I. The number of fused-ring (bicyclic) bond motifs is 1. The molecule has 0 aliphatic carbocycles. The second-order valence-electron chi connectivity index (χ2n) is 4.37. The number of aryl methyl sites for hydroxylation is 1. The first kappa shape index (κ1) is 17.2.